The first-order chi connectivity index (χ1) is 27.7. The van der Waals surface area contributed by atoms with Crippen molar-refractivity contribution in [3.8, 4) is 45.4 Å². The predicted molar refractivity (Wildman–Crippen MR) is 233 cm³/mol. The van der Waals surface area contributed by atoms with Crippen molar-refractivity contribution in [2.24, 2.45) is 0 Å². The number of hydrogen-bond donors (Lipinski definition) is 0. The molecule has 5 nitrogen and oxygen atoms in total. The maximum absolute atomic E-state index is 5.52. The Bertz CT molecular complexity index is 3460. The minimum absolute atomic E-state index is 0.632. The van der Waals surface area contributed by atoms with Gasteiger partial charge in [0.15, 0.2) is 23.1 Å². The molecule has 8 aromatic carbocycles. The first-order valence-corrected chi connectivity index (χ1v) is 19.5. The van der Waals surface area contributed by atoms with E-state index in [0.29, 0.717) is 17.5 Å². The van der Waals surface area contributed by atoms with Gasteiger partial charge in [0.2, 0.25) is 0 Å². The van der Waals surface area contributed by atoms with E-state index in [-0.39, 0.29) is 0 Å². The lowest BCUT2D eigenvalue weighted by Gasteiger charge is -2.11. The standard InChI is InChI=1S/C50H29N5S/c1-3-11-31(12-4-1)47-52-48(32-13-5-2-6-14-32)54-49(53-47)33-21-19-30(20-22-33)43-29-41-40-27-36-17-9-10-18-37(36)28-44(40)56-46(41)50-51-45-39-26-35-16-8-7-15-34(35)25-38(39)23-24-42(45)55(43)50/h1-29H. The molecule has 0 radical (unpaired) electrons. The zero-order valence-electron chi connectivity index (χ0n) is 29.9. The summed E-state index contributed by atoms with van der Waals surface area (Å²) in [5, 5.41) is 9.73. The van der Waals surface area contributed by atoms with E-state index in [1.165, 1.54) is 47.1 Å². The van der Waals surface area contributed by atoms with E-state index in [2.05, 4.69) is 120 Å². The Hall–Kier alpha value is -7.28. The van der Waals surface area contributed by atoms with E-state index < -0.39 is 0 Å². The van der Waals surface area contributed by atoms with E-state index in [0.717, 1.165) is 50.0 Å². The fourth-order valence-electron chi connectivity index (χ4n) is 8.20. The second-order valence-electron chi connectivity index (χ2n) is 14.3. The fourth-order valence-corrected chi connectivity index (χ4v) is 9.39. The van der Waals surface area contributed by atoms with Crippen LogP contribution in [0.1, 0.15) is 0 Å². The SMILES string of the molecule is c1ccc(-c2nc(-c3ccccc3)nc(-c3ccc(-c4cc5c6cc7ccccc7cc6sc5c5nc6c7cc8ccccc8cc7ccc6n45)cc3)n2)cc1. The van der Waals surface area contributed by atoms with E-state index >= 15 is 0 Å². The van der Waals surface area contributed by atoms with E-state index in [1.807, 2.05) is 72.0 Å². The molecule has 0 fully saturated rings. The average Bonchev–Trinajstić information content (AvgIpc) is 3.84. The minimum atomic E-state index is 0.632. The van der Waals surface area contributed by atoms with E-state index in [4.69, 9.17) is 19.9 Å². The number of pyridine rings is 1. The van der Waals surface area contributed by atoms with Gasteiger partial charge in [0.1, 0.15) is 0 Å². The maximum Gasteiger partial charge on any atom is 0.164 e. The number of fused-ring (bicyclic) bond motifs is 11. The summed E-state index contributed by atoms with van der Waals surface area (Å²) in [5.41, 5.74) is 8.05. The number of benzene rings is 8. The molecular weight excluding hydrogens is 703 g/mol. The van der Waals surface area contributed by atoms with Crippen LogP contribution in [0.4, 0.5) is 0 Å². The van der Waals surface area contributed by atoms with Gasteiger partial charge < -0.3 is 0 Å². The Morgan fingerprint density at radius 1 is 0.375 bits per heavy atom. The molecule has 12 rings (SSSR count). The van der Waals surface area contributed by atoms with Crippen molar-refractivity contribution >= 4 is 80.5 Å². The zero-order chi connectivity index (χ0) is 36.7. The maximum atomic E-state index is 5.52. The normalized spacial score (nSPS) is 11.9. The highest BCUT2D eigenvalue weighted by Gasteiger charge is 2.20. The van der Waals surface area contributed by atoms with Crippen LogP contribution in [0, 0.1) is 0 Å². The number of aromatic nitrogens is 5. The summed E-state index contributed by atoms with van der Waals surface area (Å²) >= 11 is 1.83. The van der Waals surface area contributed by atoms with Crippen molar-refractivity contribution in [2.45, 2.75) is 0 Å². The van der Waals surface area contributed by atoms with Gasteiger partial charge in [-0.3, -0.25) is 4.40 Å². The van der Waals surface area contributed by atoms with Crippen molar-refractivity contribution in [3.05, 3.63) is 176 Å². The van der Waals surface area contributed by atoms with Crippen molar-refractivity contribution < 1.29 is 0 Å². The third-order valence-electron chi connectivity index (χ3n) is 11.0. The van der Waals surface area contributed by atoms with Gasteiger partial charge >= 0.3 is 0 Å². The molecule has 0 aliphatic heterocycles. The van der Waals surface area contributed by atoms with Crippen LogP contribution >= 0.6 is 11.3 Å². The summed E-state index contributed by atoms with van der Waals surface area (Å²) in [7, 11) is 0. The molecule has 260 valence electrons. The predicted octanol–water partition coefficient (Wildman–Crippen LogP) is 13.2. The Morgan fingerprint density at radius 2 is 0.893 bits per heavy atom. The lowest BCUT2D eigenvalue weighted by molar-refractivity contribution is 1.07. The number of imidazole rings is 1. The van der Waals surface area contributed by atoms with E-state index in [9.17, 15) is 0 Å². The van der Waals surface area contributed by atoms with Gasteiger partial charge in [0, 0.05) is 37.5 Å². The van der Waals surface area contributed by atoms with Crippen LogP contribution in [0.15, 0.2) is 176 Å². The fraction of sp³-hybridized carbons (Fsp3) is 0. The molecule has 0 aliphatic carbocycles. The molecule has 0 aliphatic rings. The lowest BCUT2D eigenvalue weighted by Crippen LogP contribution is -2.00. The van der Waals surface area contributed by atoms with Crippen LogP contribution < -0.4 is 0 Å². The molecule has 4 aromatic heterocycles. The summed E-state index contributed by atoms with van der Waals surface area (Å²) in [6.45, 7) is 0. The number of nitrogens with zero attached hydrogens (tertiary/aromatic N) is 5. The molecule has 0 saturated carbocycles. The quantitative estimate of drug-likeness (QED) is 0.169. The van der Waals surface area contributed by atoms with Crippen LogP contribution in [0.2, 0.25) is 0 Å². The van der Waals surface area contributed by atoms with Gasteiger partial charge in [-0.1, -0.05) is 140 Å². The Morgan fingerprint density at radius 3 is 1.52 bits per heavy atom. The lowest BCUT2D eigenvalue weighted by atomic mass is 10.0. The molecule has 56 heavy (non-hydrogen) atoms. The van der Waals surface area contributed by atoms with Gasteiger partial charge in [0.25, 0.3) is 0 Å². The van der Waals surface area contributed by atoms with Crippen LogP contribution in [0.5, 0.6) is 0 Å². The summed E-state index contributed by atoms with van der Waals surface area (Å²) < 4.78 is 4.81. The van der Waals surface area contributed by atoms with Gasteiger partial charge in [-0.15, -0.1) is 11.3 Å². The van der Waals surface area contributed by atoms with Crippen molar-refractivity contribution in [2.75, 3.05) is 0 Å². The number of thiophene rings is 1. The Balaban J connectivity index is 1.09. The van der Waals surface area contributed by atoms with Crippen LogP contribution in [0.25, 0.3) is 115 Å². The molecule has 0 atom stereocenters. The van der Waals surface area contributed by atoms with Crippen molar-refractivity contribution in [1.82, 2.24) is 24.3 Å². The molecule has 0 bridgehead atoms. The highest BCUT2D eigenvalue weighted by molar-refractivity contribution is 7.26. The minimum Gasteiger partial charge on any atom is -0.291 e. The molecule has 0 amide bonds. The Labute approximate surface area is 324 Å². The largest absolute Gasteiger partial charge is 0.291 e. The highest BCUT2D eigenvalue weighted by atomic mass is 32.1. The van der Waals surface area contributed by atoms with Gasteiger partial charge in [-0.25, -0.2) is 19.9 Å². The molecule has 4 heterocycles. The number of hydrogen-bond acceptors (Lipinski definition) is 5. The summed E-state index contributed by atoms with van der Waals surface area (Å²) in [6, 6.07) is 62.1. The topological polar surface area (TPSA) is 56.0 Å². The third kappa shape index (κ3) is 4.86. The van der Waals surface area contributed by atoms with Gasteiger partial charge in [-0.2, -0.15) is 0 Å². The van der Waals surface area contributed by atoms with Crippen LogP contribution in [-0.2, 0) is 0 Å². The monoisotopic (exact) mass is 731 g/mol. The van der Waals surface area contributed by atoms with Gasteiger partial charge in [0.05, 0.1) is 21.4 Å². The van der Waals surface area contributed by atoms with E-state index in [1.54, 1.807) is 0 Å². The molecule has 0 N–H and O–H groups in total. The molecule has 6 heteroatoms. The first-order valence-electron chi connectivity index (χ1n) is 18.7. The molecule has 0 saturated heterocycles. The van der Waals surface area contributed by atoms with Gasteiger partial charge in [-0.05, 0) is 68.9 Å². The molecule has 12 aromatic rings. The smallest absolute Gasteiger partial charge is 0.164 e. The summed E-state index contributed by atoms with van der Waals surface area (Å²) in [5.74, 6) is 1.92. The van der Waals surface area contributed by atoms with Crippen molar-refractivity contribution in [1.29, 1.82) is 0 Å². The zero-order valence-corrected chi connectivity index (χ0v) is 30.7. The first kappa shape index (κ1) is 31.1. The third-order valence-corrected chi connectivity index (χ3v) is 12.1. The van der Waals surface area contributed by atoms with Crippen molar-refractivity contribution in [3.63, 3.8) is 0 Å². The summed E-state index contributed by atoms with van der Waals surface area (Å²) in [4.78, 5) is 20.4. The second kappa shape index (κ2) is 12.1. The highest BCUT2D eigenvalue weighted by Crippen LogP contribution is 2.43. The second-order valence-corrected chi connectivity index (χ2v) is 15.4. The molecule has 0 spiro atoms. The average molecular weight is 732 g/mol. The Kier molecular flexibility index (Phi) is 6.73. The molecule has 0 unspecified atom stereocenters. The molecular formula is C50H29N5S. The summed E-state index contributed by atoms with van der Waals surface area (Å²) in [6.07, 6.45) is 0. The van der Waals surface area contributed by atoms with Crippen LogP contribution in [-0.4, -0.2) is 24.3 Å². The van der Waals surface area contributed by atoms with Crippen LogP contribution in [0.3, 0.4) is 0 Å². The number of rotatable bonds is 4.